The van der Waals surface area contributed by atoms with Gasteiger partial charge in [-0.2, -0.15) is 5.26 Å². The molecule has 0 saturated carbocycles. The summed E-state index contributed by atoms with van der Waals surface area (Å²) in [5.41, 5.74) is 7.32. The summed E-state index contributed by atoms with van der Waals surface area (Å²) in [5, 5.41) is 15.4. The summed E-state index contributed by atoms with van der Waals surface area (Å²) in [6.45, 7) is 3.60. The average molecular weight is 384 g/mol. The molecular formula is C17H16N6OS2. The van der Waals surface area contributed by atoms with Gasteiger partial charge in [-0.15, -0.1) is 11.3 Å². The van der Waals surface area contributed by atoms with Gasteiger partial charge in [-0.25, -0.2) is 9.97 Å². The van der Waals surface area contributed by atoms with Gasteiger partial charge >= 0.3 is 0 Å². The smallest absolute Gasteiger partial charge is 0.260 e. The first kappa shape index (κ1) is 17.8. The fourth-order valence-corrected chi connectivity index (χ4v) is 3.81. The van der Waals surface area contributed by atoms with Gasteiger partial charge in [0.1, 0.15) is 22.7 Å². The lowest BCUT2D eigenvalue weighted by atomic mass is 10.3. The third-order valence-corrected chi connectivity index (χ3v) is 5.37. The zero-order valence-electron chi connectivity index (χ0n) is 14.1. The van der Waals surface area contributed by atoms with E-state index >= 15 is 0 Å². The second-order valence-electron chi connectivity index (χ2n) is 5.45. The number of rotatable bonds is 6. The number of nitrogens with zero attached hydrogens (tertiary/aromatic N) is 3. The van der Waals surface area contributed by atoms with Crippen LogP contribution in [0.4, 0.5) is 5.13 Å². The Hall–Kier alpha value is -2.96. The zero-order chi connectivity index (χ0) is 18.5. The number of hydrazine groups is 1. The van der Waals surface area contributed by atoms with Gasteiger partial charge in [0, 0.05) is 17.3 Å². The number of carbonyl (C=O) groups excluding carboxylic acids is 1. The molecule has 132 valence electrons. The fraction of sp³-hybridized carbons (Fsp3) is 0.176. The molecule has 2 heterocycles. The van der Waals surface area contributed by atoms with Gasteiger partial charge in [0.2, 0.25) is 0 Å². The van der Waals surface area contributed by atoms with E-state index in [2.05, 4.69) is 32.2 Å². The molecule has 0 unspecified atom stereocenters. The topological polar surface area (TPSA) is 103 Å². The lowest BCUT2D eigenvalue weighted by Gasteiger charge is -2.12. The standard InChI is InChI=1S/C17H16N6OS2/c1-10-9-25-16(20-10)12(7-18)8-19-23-15(24)11(2)21-17-22-13-5-3-4-6-14(13)26-17/h3-6,8-9,11,19H,1-2H3,(H,21,22)(H,23,24)/b12-8+/t11-/m0/s1. The number of nitriles is 1. The van der Waals surface area contributed by atoms with Gasteiger partial charge < -0.3 is 10.7 Å². The van der Waals surface area contributed by atoms with Crippen LogP contribution in [-0.2, 0) is 4.79 Å². The number of nitrogens with one attached hydrogen (secondary N) is 3. The number of para-hydroxylation sites is 1. The number of carbonyl (C=O) groups is 1. The second kappa shape index (κ2) is 7.95. The Morgan fingerprint density at radius 1 is 1.35 bits per heavy atom. The van der Waals surface area contributed by atoms with Crippen LogP contribution >= 0.6 is 22.7 Å². The van der Waals surface area contributed by atoms with Crippen molar-refractivity contribution in [2.45, 2.75) is 19.9 Å². The molecule has 0 bridgehead atoms. The molecule has 3 N–H and O–H groups in total. The van der Waals surface area contributed by atoms with Crippen LogP contribution < -0.4 is 16.2 Å². The molecule has 0 aliphatic heterocycles. The van der Waals surface area contributed by atoms with E-state index < -0.39 is 6.04 Å². The Bertz CT molecular complexity index is 967. The van der Waals surface area contributed by atoms with Crippen LogP contribution in [0.25, 0.3) is 15.8 Å². The monoisotopic (exact) mass is 384 g/mol. The molecule has 1 amide bonds. The van der Waals surface area contributed by atoms with Crippen LogP contribution in [0.3, 0.4) is 0 Å². The molecule has 9 heteroatoms. The largest absolute Gasteiger partial charge is 0.350 e. The predicted molar refractivity (Wildman–Crippen MR) is 104 cm³/mol. The Labute approximate surface area is 158 Å². The Kier molecular flexibility index (Phi) is 5.46. The van der Waals surface area contributed by atoms with Crippen LogP contribution in [0.5, 0.6) is 0 Å². The van der Waals surface area contributed by atoms with Crippen molar-refractivity contribution in [2.24, 2.45) is 0 Å². The molecule has 3 aromatic rings. The van der Waals surface area contributed by atoms with Gasteiger partial charge in [-0.1, -0.05) is 23.5 Å². The van der Waals surface area contributed by atoms with Crippen LogP contribution in [0, 0.1) is 18.3 Å². The van der Waals surface area contributed by atoms with Crippen molar-refractivity contribution >= 4 is 49.5 Å². The summed E-state index contributed by atoms with van der Waals surface area (Å²) in [7, 11) is 0. The first-order chi connectivity index (χ1) is 12.6. The number of fused-ring (bicyclic) bond motifs is 1. The number of amides is 1. The molecule has 2 aromatic heterocycles. The van der Waals surface area contributed by atoms with E-state index in [1.54, 1.807) is 6.92 Å². The zero-order valence-corrected chi connectivity index (χ0v) is 15.7. The molecular weight excluding hydrogens is 368 g/mol. The van der Waals surface area contributed by atoms with Crippen molar-refractivity contribution in [3.63, 3.8) is 0 Å². The quantitative estimate of drug-likeness (QED) is 0.446. The normalized spacial score (nSPS) is 12.4. The first-order valence-corrected chi connectivity index (χ1v) is 9.46. The van der Waals surface area contributed by atoms with E-state index in [9.17, 15) is 10.1 Å². The van der Waals surface area contributed by atoms with Crippen LogP contribution in [-0.4, -0.2) is 21.9 Å². The molecule has 1 aromatic carbocycles. The third kappa shape index (κ3) is 4.17. The maximum absolute atomic E-state index is 12.2. The summed E-state index contributed by atoms with van der Waals surface area (Å²) < 4.78 is 1.06. The third-order valence-electron chi connectivity index (χ3n) is 3.41. The summed E-state index contributed by atoms with van der Waals surface area (Å²) in [5.74, 6) is -0.270. The number of aryl methyl sites for hydroxylation is 1. The highest BCUT2D eigenvalue weighted by Crippen LogP contribution is 2.25. The minimum atomic E-state index is -0.496. The highest BCUT2D eigenvalue weighted by Gasteiger charge is 2.14. The SMILES string of the molecule is Cc1csc(/C(C#N)=C/NNC(=O)[C@H](C)Nc2nc3ccccc3s2)n1. The molecule has 0 fully saturated rings. The maximum Gasteiger partial charge on any atom is 0.260 e. The van der Waals surface area contributed by atoms with E-state index in [1.165, 1.54) is 28.9 Å². The maximum atomic E-state index is 12.2. The van der Waals surface area contributed by atoms with E-state index in [0.717, 1.165) is 15.9 Å². The molecule has 3 rings (SSSR count). The van der Waals surface area contributed by atoms with Crippen molar-refractivity contribution in [3.05, 3.63) is 46.5 Å². The van der Waals surface area contributed by atoms with Crippen molar-refractivity contribution in [3.8, 4) is 6.07 Å². The highest BCUT2D eigenvalue weighted by molar-refractivity contribution is 7.22. The van der Waals surface area contributed by atoms with Crippen molar-refractivity contribution in [1.29, 1.82) is 5.26 Å². The molecule has 0 spiro atoms. The lowest BCUT2D eigenvalue weighted by Crippen LogP contribution is -2.43. The van der Waals surface area contributed by atoms with Gasteiger partial charge in [0.25, 0.3) is 5.91 Å². The summed E-state index contributed by atoms with van der Waals surface area (Å²) in [4.78, 5) is 20.9. The number of allylic oxidation sites excluding steroid dienone is 1. The average Bonchev–Trinajstić information content (AvgIpc) is 3.23. The molecule has 0 aliphatic rings. The number of hydrogen-bond donors (Lipinski definition) is 3. The Morgan fingerprint density at radius 3 is 2.85 bits per heavy atom. The van der Waals surface area contributed by atoms with E-state index in [0.29, 0.717) is 15.7 Å². The van der Waals surface area contributed by atoms with Crippen molar-refractivity contribution < 1.29 is 4.79 Å². The number of hydrogen-bond acceptors (Lipinski definition) is 8. The van der Waals surface area contributed by atoms with Crippen molar-refractivity contribution in [2.75, 3.05) is 5.32 Å². The van der Waals surface area contributed by atoms with Crippen LogP contribution in [0.2, 0.25) is 0 Å². The van der Waals surface area contributed by atoms with E-state index in [-0.39, 0.29) is 5.91 Å². The van der Waals surface area contributed by atoms with Gasteiger partial charge in [0.05, 0.1) is 10.2 Å². The first-order valence-electron chi connectivity index (χ1n) is 7.77. The van der Waals surface area contributed by atoms with E-state index in [4.69, 9.17) is 0 Å². The summed E-state index contributed by atoms with van der Waals surface area (Å²) in [6, 6.07) is 9.36. The molecule has 0 aliphatic carbocycles. The molecule has 0 saturated heterocycles. The highest BCUT2D eigenvalue weighted by atomic mass is 32.1. The Morgan fingerprint density at radius 2 is 2.15 bits per heavy atom. The summed E-state index contributed by atoms with van der Waals surface area (Å²) >= 11 is 2.87. The molecule has 0 radical (unpaired) electrons. The van der Waals surface area contributed by atoms with Gasteiger partial charge in [0.15, 0.2) is 5.13 Å². The molecule has 7 nitrogen and oxygen atoms in total. The number of thiazole rings is 2. The lowest BCUT2D eigenvalue weighted by molar-refractivity contribution is -0.122. The van der Waals surface area contributed by atoms with Gasteiger partial charge in [-0.05, 0) is 26.0 Å². The number of benzene rings is 1. The summed E-state index contributed by atoms with van der Waals surface area (Å²) in [6.07, 6.45) is 1.43. The van der Waals surface area contributed by atoms with Crippen LogP contribution in [0.1, 0.15) is 17.6 Å². The minimum Gasteiger partial charge on any atom is -0.350 e. The molecule has 1 atom stereocenters. The second-order valence-corrected chi connectivity index (χ2v) is 7.34. The minimum absolute atomic E-state index is 0.270. The fourth-order valence-electron chi connectivity index (χ4n) is 2.09. The Balaban J connectivity index is 1.57. The van der Waals surface area contributed by atoms with Crippen LogP contribution in [0.15, 0.2) is 35.8 Å². The van der Waals surface area contributed by atoms with Gasteiger partial charge in [-0.3, -0.25) is 10.2 Å². The van der Waals surface area contributed by atoms with E-state index in [1.807, 2.05) is 36.6 Å². The number of aromatic nitrogens is 2. The predicted octanol–water partition coefficient (Wildman–Crippen LogP) is 3.05. The number of anilines is 1. The van der Waals surface area contributed by atoms with Crippen molar-refractivity contribution in [1.82, 2.24) is 20.8 Å². The molecule has 26 heavy (non-hydrogen) atoms.